The Hall–Kier alpha value is -1.51. The van der Waals surface area contributed by atoms with Gasteiger partial charge in [-0.15, -0.1) is 0 Å². The summed E-state index contributed by atoms with van der Waals surface area (Å²) < 4.78 is 31.9. The summed E-state index contributed by atoms with van der Waals surface area (Å²) in [4.78, 5) is 11.6. The molecule has 0 amide bonds. The number of carbonyl (C=O) groups excluding carboxylic acids is 1. The maximum Gasteiger partial charge on any atom is 0.324 e. The Morgan fingerprint density at radius 1 is 1.33 bits per heavy atom. The van der Waals surface area contributed by atoms with Crippen LogP contribution in [0.25, 0.3) is 0 Å². The van der Waals surface area contributed by atoms with E-state index in [2.05, 4.69) is 9.46 Å². The lowest BCUT2D eigenvalue weighted by atomic mass is 10.1. The third kappa shape index (κ3) is 4.23. The van der Waals surface area contributed by atoms with E-state index in [1.807, 2.05) is 0 Å². The van der Waals surface area contributed by atoms with Gasteiger partial charge in [0, 0.05) is 5.56 Å². The van der Waals surface area contributed by atoms with E-state index in [0.29, 0.717) is 0 Å². The molecule has 0 saturated heterocycles. The molecule has 1 aromatic rings. The molecule has 0 aliphatic heterocycles. The SMILES string of the molecule is COC(=O)C(NS(=O)(=O)c1ccccc1C(N)=S)C(C)C. The smallest absolute Gasteiger partial charge is 0.324 e. The Morgan fingerprint density at radius 2 is 1.90 bits per heavy atom. The molecule has 1 aromatic carbocycles. The van der Waals surface area contributed by atoms with Crippen molar-refractivity contribution in [2.24, 2.45) is 11.7 Å². The predicted octanol–water partition coefficient (Wildman–Crippen LogP) is 0.797. The van der Waals surface area contributed by atoms with Gasteiger partial charge in [0.05, 0.1) is 12.0 Å². The van der Waals surface area contributed by atoms with E-state index in [0.717, 1.165) is 0 Å². The first-order valence-electron chi connectivity index (χ1n) is 6.19. The van der Waals surface area contributed by atoms with Gasteiger partial charge in [-0.2, -0.15) is 4.72 Å². The zero-order valence-electron chi connectivity index (χ0n) is 12.0. The quantitative estimate of drug-likeness (QED) is 0.591. The van der Waals surface area contributed by atoms with Crippen molar-refractivity contribution < 1.29 is 17.9 Å². The zero-order valence-corrected chi connectivity index (χ0v) is 13.6. The monoisotopic (exact) mass is 330 g/mol. The zero-order chi connectivity index (χ0) is 16.2. The average Bonchev–Trinajstić information content (AvgIpc) is 2.43. The normalized spacial score (nSPS) is 13.0. The van der Waals surface area contributed by atoms with Gasteiger partial charge in [0.15, 0.2) is 0 Å². The van der Waals surface area contributed by atoms with Crippen LogP contribution in [0, 0.1) is 5.92 Å². The fraction of sp³-hybridized carbons (Fsp3) is 0.385. The number of methoxy groups -OCH3 is 1. The largest absolute Gasteiger partial charge is 0.468 e. The second-order valence-corrected chi connectivity index (χ2v) is 6.85. The lowest BCUT2D eigenvalue weighted by Gasteiger charge is -2.20. The number of nitrogens with one attached hydrogen (secondary N) is 1. The third-order valence-electron chi connectivity index (χ3n) is 2.85. The molecule has 116 valence electrons. The van der Waals surface area contributed by atoms with Crippen LogP contribution in [0.15, 0.2) is 29.2 Å². The third-order valence-corrected chi connectivity index (χ3v) is 4.57. The number of benzene rings is 1. The minimum absolute atomic E-state index is 0.0323. The standard InChI is InChI=1S/C13H18N2O4S2/c1-8(2)11(13(16)19-3)15-21(17,18)10-7-5-4-6-9(10)12(14)20/h4-8,11,15H,1-3H3,(H2,14,20). The van der Waals surface area contributed by atoms with E-state index in [9.17, 15) is 13.2 Å². The molecule has 1 unspecified atom stereocenters. The summed E-state index contributed by atoms with van der Waals surface area (Å²) in [5.74, 6) is -0.925. The number of esters is 1. The van der Waals surface area contributed by atoms with Gasteiger partial charge in [-0.05, 0) is 12.0 Å². The minimum Gasteiger partial charge on any atom is -0.468 e. The lowest BCUT2D eigenvalue weighted by molar-refractivity contribution is -0.143. The number of rotatable bonds is 6. The topological polar surface area (TPSA) is 98.5 Å². The van der Waals surface area contributed by atoms with Crippen molar-refractivity contribution in [1.82, 2.24) is 4.72 Å². The van der Waals surface area contributed by atoms with Crippen LogP contribution >= 0.6 is 12.2 Å². The molecule has 0 aromatic heterocycles. The minimum atomic E-state index is -3.95. The van der Waals surface area contributed by atoms with Crippen LogP contribution in [0.3, 0.4) is 0 Å². The summed E-state index contributed by atoms with van der Waals surface area (Å²) >= 11 is 4.85. The Morgan fingerprint density at radius 3 is 2.38 bits per heavy atom. The molecule has 8 heteroatoms. The van der Waals surface area contributed by atoms with Gasteiger partial charge >= 0.3 is 5.97 Å². The Kier molecular flexibility index (Phi) is 5.82. The Balaban J connectivity index is 3.23. The number of sulfonamides is 1. The fourth-order valence-corrected chi connectivity index (χ4v) is 3.52. The number of thiocarbonyl (C=S) groups is 1. The van der Waals surface area contributed by atoms with Crippen molar-refractivity contribution in [3.05, 3.63) is 29.8 Å². The molecule has 0 spiro atoms. The highest BCUT2D eigenvalue weighted by Gasteiger charge is 2.30. The van der Waals surface area contributed by atoms with Gasteiger partial charge in [0.2, 0.25) is 10.0 Å². The van der Waals surface area contributed by atoms with Crippen LogP contribution in [-0.2, 0) is 19.6 Å². The van der Waals surface area contributed by atoms with E-state index in [1.54, 1.807) is 26.0 Å². The molecule has 0 heterocycles. The lowest BCUT2D eigenvalue weighted by Crippen LogP contribution is -2.45. The Labute approximate surface area is 129 Å². The summed E-state index contributed by atoms with van der Waals surface area (Å²) in [6.07, 6.45) is 0. The molecule has 3 N–H and O–H groups in total. The van der Waals surface area contributed by atoms with Crippen LogP contribution < -0.4 is 10.5 Å². The highest BCUT2D eigenvalue weighted by molar-refractivity contribution is 7.89. The van der Waals surface area contributed by atoms with Gasteiger partial charge in [-0.25, -0.2) is 8.42 Å². The second-order valence-electron chi connectivity index (χ2n) is 4.73. The van der Waals surface area contributed by atoms with E-state index in [-0.39, 0.29) is 21.4 Å². The molecular formula is C13H18N2O4S2. The summed E-state index contributed by atoms with van der Waals surface area (Å²) in [6.45, 7) is 3.42. The van der Waals surface area contributed by atoms with E-state index < -0.39 is 22.0 Å². The fourth-order valence-electron chi connectivity index (χ4n) is 1.72. The first-order valence-corrected chi connectivity index (χ1v) is 8.09. The average molecular weight is 330 g/mol. The molecule has 6 nitrogen and oxygen atoms in total. The molecule has 0 aliphatic carbocycles. The van der Waals surface area contributed by atoms with Crippen molar-refractivity contribution in [3.63, 3.8) is 0 Å². The highest BCUT2D eigenvalue weighted by atomic mass is 32.2. The van der Waals surface area contributed by atoms with Gasteiger partial charge in [0.1, 0.15) is 11.0 Å². The number of carbonyl (C=O) groups is 1. The van der Waals surface area contributed by atoms with Crippen LogP contribution in [0.4, 0.5) is 0 Å². The van der Waals surface area contributed by atoms with Crippen molar-refractivity contribution in [2.75, 3.05) is 7.11 Å². The van der Waals surface area contributed by atoms with Crippen LogP contribution in [0.2, 0.25) is 0 Å². The molecule has 0 fully saturated rings. The number of ether oxygens (including phenoxy) is 1. The summed E-state index contributed by atoms with van der Waals surface area (Å²) in [6, 6.07) is 5.09. The summed E-state index contributed by atoms with van der Waals surface area (Å²) in [7, 11) is -2.75. The van der Waals surface area contributed by atoms with E-state index in [1.165, 1.54) is 19.2 Å². The second kappa shape index (κ2) is 6.97. The van der Waals surface area contributed by atoms with Crippen LogP contribution in [0.5, 0.6) is 0 Å². The number of nitrogens with two attached hydrogens (primary N) is 1. The van der Waals surface area contributed by atoms with Gasteiger partial charge in [-0.3, -0.25) is 4.79 Å². The first kappa shape index (κ1) is 17.5. The molecule has 0 radical (unpaired) electrons. The maximum absolute atomic E-state index is 12.5. The molecule has 1 atom stereocenters. The van der Waals surface area contributed by atoms with Gasteiger partial charge < -0.3 is 10.5 Å². The molecule has 0 bridgehead atoms. The van der Waals surface area contributed by atoms with Crippen molar-refractivity contribution >= 4 is 33.2 Å². The number of hydrogen-bond donors (Lipinski definition) is 2. The van der Waals surface area contributed by atoms with E-state index in [4.69, 9.17) is 18.0 Å². The van der Waals surface area contributed by atoms with Crippen molar-refractivity contribution in [3.8, 4) is 0 Å². The maximum atomic E-state index is 12.5. The summed E-state index contributed by atoms with van der Waals surface area (Å²) in [5, 5.41) is 0. The molecule has 0 aliphatic rings. The molecule has 21 heavy (non-hydrogen) atoms. The Bertz CT molecular complexity index is 641. The van der Waals surface area contributed by atoms with Gasteiger partial charge in [-0.1, -0.05) is 44.3 Å². The first-order chi connectivity index (χ1) is 9.70. The molecule has 0 saturated carbocycles. The number of hydrogen-bond acceptors (Lipinski definition) is 5. The van der Waals surface area contributed by atoms with Crippen molar-refractivity contribution in [1.29, 1.82) is 0 Å². The molecular weight excluding hydrogens is 312 g/mol. The van der Waals surface area contributed by atoms with Crippen LogP contribution in [-0.4, -0.2) is 32.5 Å². The summed E-state index contributed by atoms with van der Waals surface area (Å²) in [5.41, 5.74) is 5.76. The highest BCUT2D eigenvalue weighted by Crippen LogP contribution is 2.17. The molecule has 1 rings (SSSR count). The van der Waals surface area contributed by atoms with Crippen LogP contribution in [0.1, 0.15) is 19.4 Å². The van der Waals surface area contributed by atoms with Gasteiger partial charge in [0.25, 0.3) is 0 Å². The predicted molar refractivity (Wildman–Crippen MR) is 83.3 cm³/mol. The van der Waals surface area contributed by atoms with E-state index >= 15 is 0 Å². The van der Waals surface area contributed by atoms with Crippen molar-refractivity contribution in [2.45, 2.75) is 24.8 Å².